The molecule has 4 rings (SSSR count). The number of halogens is 1. The molecule has 2 heterocycles. The largest absolute Gasteiger partial charge is 0.336 e. The second-order valence-electron chi connectivity index (χ2n) is 8.27. The molecule has 0 spiro atoms. The first-order valence-electron chi connectivity index (χ1n) is 11.2. The van der Waals surface area contributed by atoms with Crippen LogP contribution >= 0.6 is 11.3 Å². The molecule has 182 valence electrons. The van der Waals surface area contributed by atoms with E-state index < -0.39 is 4.92 Å². The number of rotatable bonds is 8. The Labute approximate surface area is 206 Å². The number of amides is 2. The molecule has 1 aliphatic rings. The highest BCUT2D eigenvalue weighted by Gasteiger charge is 2.24. The van der Waals surface area contributed by atoms with Crippen LogP contribution in [0.3, 0.4) is 0 Å². The number of hydrogen-bond acceptors (Lipinski definition) is 6. The lowest BCUT2D eigenvalue weighted by Gasteiger charge is -2.36. The van der Waals surface area contributed by atoms with E-state index in [1.165, 1.54) is 47.7 Å². The smallest absolute Gasteiger partial charge is 0.269 e. The Hall–Kier alpha value is -3.63. The molecule has 1 fully saturated rings. The molecular weight excluding hydrogens is 471 g/mol. The van der Waals surface area contributed by atoms with Gasteiger partial charge >= 0.3 is 0 Å². The minimum Gasteiger partial charge on any atom is -0.336 e. The number of nitro benzene ring substituents is 1. The number of hydrogen-bond donors (Lipinski definition) is 0. The predicted octanol–water partition coefficient (Wildman–Crippen LogP) is 3.90. The Balaban J connectivity index is 1.33. The molecule has 1 aliphatic heterocycles. The zero-order valence-electron chi connectivity index (χ0n) is 19.0. The van der Waals surface area contributed by atoms with Crippen molar-refractivity contribution < 1.29 is 18.9 Å². The monoisotopic (exact) mass is 496 g/mol. The highest BCUT2D eigenvalue weighted by Crippen LogP contribution is 2.17. The average molecular weight is 497 g/mol. The van der Waals surface area contributed by atoms with Gasteiger partial charge < -0.3 is 9.80 Å². The zero-order valence-corrected chi connectivity index (χ0v) is 19.8. The van der Waals surface area contributed by atoms with Crippen molar-refractivity contribution in [2.45, 2.75) is 6.54 Å². The van der Waals surface area contributed by atoms with E-state index in [1.54, 1.807) is 28.0 Å². The van der Waals surface area contributed by atoms with Crippen LogP contribution in [-0.4, -0.2) is 70.7 Å². The van der Waals surface area contributed by atoms with Crippen molar-refractivity contribution in [1.82, 2.24) is 14.7 Å². The molecule has 35 heavy (non-hydrogen) atoms. The molecule has 2 aromatic carbocycles. The Kier molecular flexibility index (Phi) is 7.84. The fraction of sp³-hybridized carbons (Fsp3) is 0.280. The molecule has 0 N–H and O–H groups in total. The van der Waals surface area contributed by atoms with Gasteiger partial charge in [0.05, 0.1) is 9.80 Å². The third-order valence-electron chi connectivity index (χ3n) is 5.98. The summed E-state index contributed by atoms with van der Waals surface area (Å²) < 4.78 is 13.3. The van der Waals surface area contributed by atoms with Crippen molar-refractivity contribution in [1.29, 1.82) is 0 Å². The second-order valence-corrected chi connectivity index (χ2v) is 9.22. The van der Waals surface area contributed by atoms with Crippen LogP contribution in [0.15, 0.2) is 66.0 Å². The summed E-state index contributed by atoms with van der Waals surface area (Å²) in [5.74, 6) is -0.521. The van der Waals surface area contributed by atoms with Gasteiger partial charge in [-0.05, 0) is 41.3 Å². The molecule has 1 saturated heterocycles. The van der Waals surface area contributed by atoms with E-state index in [9.17, 15) is 24.1 Å². The summed E-state index contributed by atoms with van der Waals surface area (Å²) >= 11 is 1.39. The fourth-order valence-electron chi connectivity index (χ4n) is 3.96. The molecule has 3 aromatic rings. The van der Waals surface area contributed by atoms with Gasteiger partial charge in [0, 0.05) is 63.5 Å². The summed E-state index contributed by atoms with van der Waals surface area (Å²) in [6, 6.07) is 15.4. The number of thiophene rings is 1. The summed E-state index contributed by atoms with van der Waals surface area (Å²) in [4.78, 5) is 42.5. The lowest BCUT2D eigenvalue weighted by Crippen LogP contribution is -2.50. The number of carbonyl (C=O) groups excluding carboxylic acids is 2. The summed E-state index contributed by atoms with van der Waals surface area (Å²) in [7, 11) is 0. The van der Waals surface area contributed by atoms with Crippen LogP contribution in [0.2, 0.25) is 0 Å². The number of carbonyl (C=O) groups is 2. The van der Waals surface area contributed by atoms with Gasteiger partial charge in [-0.3, -0.25) is 24.6 Å². The molecule has 10 heteroatoms. The predicted molar refractivity (Wildman–Crippen MR) is 131 cm³/mol. The molecule has 0 unspecified atom stereocenters. The van der Waals surface area contributed by atoms with E-state index >= 15 is 0 Å². The lowest BCUT2D eigenvalue weighted by molar-refractivity contribution is -0.384. The van der Waals surface area contributed by atoms with Gasteiger partial charge in [0.25, 0.3) is 17.5 Å². The van der Waals surface area contributed by atoms with E-state index in [0.29, 0.717) is 56.3 Å². The van der Waals surface area contributed by atoms with Gasteiger partial charge in [-0.1, -0.05) is 18.2 Å². The fourth-order valence-corrected chi connectivity index (χ4v) is 4.65. The average Bonchev–Trinajstić information content (AvgIpc) is 3.42. The standard InChI is InChI=1S/C25H25FN4O4S/c26-21-7-3-19(4-8-21)18-29(25(32)23-2-1-17-35-23)16-13-27-11-14-28(15-12-27)24(31)20-5-9-22(10-6-20)30(33)34/h1-10,17H,11-16,18H2. The molecule has 8 nitrogen and oxygen atoms in total. The third kappa shape index (κ3) is 6.28. The summed E-state index contributed by atoms with van der Waals surface area (Å²) in [5, 5.41) is 12.7. The normalized spacial score (nSPS) is 14.0. The first-order valence-corrected chi connectivity index (χ1v) is 12.1. The number of benzene rings is 2. The number of piperazine rings is 1. The van der Waals surface area contributed by atoms with Gasteiger partial charge in [0.2, 0.25) is 0 Å². The number of non-ortho nitro benzene ring substituents is 1. The van der Waals surface area contributed by atoms with E-state index in [-0.39, 0.29) is 23.3 Å². The minimum atomic E-state index is -0.490. The van der Waals surface area contributed by atoms with Crippen LogP contribution in [0.25, 0.3) is 0 Å². The van der Waals surface area contributed by atoms with Crippen molar-refractivity contribution in [3.05, 3.63) is 98.0 Å². The molecule has 0 radical (unpaired) electrons. The van der Waals surface area contributed by atoms with E-state index in [4.69, 9.17) is 0 Å². The molecule has 0 aliphatic carbocycles. The van der Waals surface area contributed by atoms with E-state index in [2.05, 4.69) is 4.90 Å². The SMILES string of the molecule is O=C(c1ccc([N+](=O)[O-])cc1)N1CCN(CCN(Cc2ccc(F)cc2)C(=O)c2cccs2)CC1. The van der Waals surface area contributed by atoms with E-state index in [1.807, 2.05) is 11.4 Å². The van der Waals surface area contributed by atoms with Crippen molar-refractivity contribution in [3.63, 3.8) is 0 Å². The van der Waals surface area contributed by atoms with Gasteiger partial charge in [0.15, 0.2) is 0 Å². The molecule has 1 aromatic heterocycles. The topological polar surface area (TPSA) is 87.0 Å². The maximum Gasteiger partial charge on any atom is 0.269 e. The molecule has 2 amide bonds. The first-order chi connectivity index (χ1) is 16.9. The van der Waals surface area contributed by atoms with Crippen molar-refractivity contribution in [2.24, 2.45) is 0 Å². The zero-order chi connectivity index (χ0) is 24.8. The van der Waals surface area contributed by atoms with Crippen LogP contribution < -0.4 is 0 Å². The molecule has 0 atom stereocenters. The van der Waals surface area contributed by atoms with Crippen molar-refractivity contribution in [3.8, 4) is 0 Å². The van der Waals surface area contributed by atoms with Gasteiger partial charge in [-0.25, -0.2) is 4.39 Å². The first kappa shape index (κ1) is 24.5. The quantitative estimate of drug-likeness (QED) is 0.349. The Morgan fingerprint density at radius 2 is 1.69 bits per heavy atom. The van der Waals surface area contributed by atoms with Crippen LogP contribution in [0, 0.1) is 15.9 Å². The van der Waals surface area contributed by atoms with Crippen LogP contribution in [-0.2, 0) is 6.54 Å². The highest BCUT2D eigenvalue weighted by atomic mass is 32.1. The molecular formula is C25H25FN4O4S. The summed E-state index contributed by atoms with van der Waals surface area (Å²) in [6.07, 6.45) is 0. The molecule has 0 bridgehead atoms. The number of nitrogens with zero attached hydrogens (tertiary/aromatic N) is 4. The maximum absolute atomic E-state index is 13.3. The Morgan fingerprint density at radius 3 is 2.29 bits per heavy atom. The van der Waals surface area contributed by atoms with Gasteiger partial charge in [-0.15, -0.1) is 11.3 Å². The Morgan fingerprint density at radius 1 is 1.00 bits per heavy atom. The minimum absolute atomic E-state index is 0.0475. The van der Waals surface area contributed by atoms with Crippen LogP contribution in [0.5, 0.6) is 0 Å². The Bertz CT molecular complexity index is 1160. The maximum atomic E-state index is 13.3. The number of nitro groups is 1. The van der Waals surface area contributed by atoms with Crippen molar-refractivity contribution >= 4 is 28.8 Å². The summed E-state index contributed by atoms with van der Waals surface area (Å²) in [6.45, 7) is 3.93. The van der Waals surface area contributed by atoms with Crippen LogP contribution in [0.4, 0.5) is 10.1 Å². The van der Waals surface area contributed by atoms with Gasteiger partial charge in [0.1, 0.15) is 5.82 Å². The highest BCUT2D eigenvalue weighted by molar-refractivity contribution is 7.12. The molecule has 0 saturated carbocycles. The third-order valence-corrected chi connectivity index (χ3v) is 6.83. The lowest BCUT2D eigenvalue weighted by atomic mass is 10.1. The summed E-state index contributed by atoms with van der Waals surface area (Å²) in [5.41, 5.74) is 1.24. The second kappa shape index (κ2) is 11.2. The van der Waals surface area contributed by atoms with E-state index in [0.717, 1.165) is 5.56 Å². The van der Waals surface area contributed by atoms with Crippen LogP contribution in [0.1, 0.15) is 25.6 Å². The van der Waals surface area contributed by atoms with Crippen molar-refractivity contribution in [2.75, 3.05) is 39.3 Å². The van der Waals surface area contributed by atoms with Gasteiger partial charge in [-0.2, -0.15) is 0 Å².